The fraction of sp³-hybridized carbons (Fsp3) is 0.368. The first-order valence-corrected chi connectivity index (χ1v) is 8.17. The highest BCUT2D eigenvalue weighted by molar-refractivity contribution is 5.90. The summed E-state index contributed by atoms with van der Waals surface area (Å²) in [5.41, 5.74) is 0.370. The summed E-state index contributed by atoms with van der Waals surface area (Å²) in [6, 6.07) is 8.46. The van der Waals surface area contributed by atoms with Crippen molar-refractivity contribution in [1.82, 2.24) is 0 Å². The number of hydrogen-bond acceptors (Lipinski definition) is 6. The Balaban J connectivity index is 1.36. The maximum Gasteiger partial charge on any atom is 0.336 e. The van der Waals surface area contributed by atoms with Gasteiger partial charge >= 0.3 is 11.6 Å². The number of hydrogen-bond donors (Lipinski definition) is 0. The summed E-state index contributed by atoms with van der Waals surface area (Å²) in [7, 11) is 0. The van der Waals surface area contributed by atoms with Crippen LogP contribution in [-0.4, -0.2) is 30.4 Å². The van der Waals surface area contributed by atoms with Gasteiger partial charge in [0.15, 0.2) is 0 Å². The summed E-state index contributed by atoms with van der Waals surface area (Å²) in [6.07, 6.45) is 2.13. The molecule has 3 atom stereocenters. The lowest BCUT2D eigenvalue weighted by Gasteiger charge is -2.12. The third-order valence-electron chi connectivity index (χ3n) is 4.65. The highest BCUT2D eigenvalue weighted by atomic mass is 16.6. The van der Waals surface area contributed by atoms with Crippen LogP contribution >= 0.6 is 0 Å². The van der Waals surface area contributed by atoms with Crippen molar-refractivity contribution in [2.75, 3.05) is 6.61 Å². The highest BCUT2D eigenvalue weighted by Gasteiger charge is 2.54. The average molecular weight is 342 g/mol. The number of carbonyl (C=O) groups excluding carboxylic acids is 1. The summed E-state index contributed by atoms with van der Waals surface area (Å²) >= 11 is 0. The number of rotatable bonds is 5. The van der Waals surface area contributed by atoms with Gasteiger partial charge in [-0.3, -0.25) is 0 Å². The standard InChI is InChI=1S/C19H18O6/c1-11-7-14(23-18(11)21)9-19(2)16(25-19)10-22-13-5-3-12-4-6-17(20)24-15(12)8-13/h3-8,14,16H,9-10H2,1-2H3. The van der Waals surface area contributed by atoms with Crippen molar-refractivity contribution >= 4 is 16.9 Å². The Morgan fingerprint density at radius 3 is 2.76 bits per heavy atom. The predicted octanol–water partition coefficient (Wildman–Crippen LogP) is 2.59. The van der Waals surface area contributed by atoms with Gasteiger partial charge in [0, 0.05) is 29.5 Å². The van der Waals surface area contributed by atoms with Crippen LogP contribution in [0.25, 0.3) is 11.0 Å². The molecular weight excluding hydrogens is 324 g/mol. The number of fused-ring (bicyclic) bond motifs is 1. The van der Waals surface area contributed by atoms with E-state index in [0.29, 0.717) is 29.9 Å². The molecule has 1 fully saturated rings. The van der Waals surface area contributed by atoms with Gasteiger partial charge in [-0.05, 0) is 38.1 Å². The number of cyclic esters (lactones) is 1. The molecule has 0 amide bonds. The van der Waals surface area contributed by atoms with Crippen molar-refractivity contribution in [2.24, 2.45) is 0 Å². The maximum absolute atomic E-state index is 11.4. The molecule has 6 heteroatoms. The van der Waals surface area contributed by atoms with Crippen molar-refractivity contribution in [2.45, 2.75) is 38.1 Å². The van der Waals surface area contributed by atoms with E-state index in [1.807, 2.05) is 25.1 Å². The fourth-order valence-electron chi connectivity index (χ4n) is 3.09. The van der Waals surface area contributed by atoms with Crippen LogP contribution < -0.4 is 10.4 Å². The first-order valence-electron chi connectivity index (χ1n) is 8.17. The maximum atomic E-state index is 11.4. The van der Waals surface area contributed by atoms with Crippen LogP contribution in [0.3, 0.4) is 0 Å². The SMILES string of the molecule is CC1=CC(CC2(C)OC2COc2ccc3ccc(=O)oc3c2)OC1=O. The molecule has 25 heavy (non-hydrogen) atoms. The number of ether oxygens (including phenoxy) is 3. The van der Waals surface area contributed by atoms with Gasteiger partial charge in [-0.25, -0.2) is 9.59 Å². The van der Waals surface area contributed by atoms with E-state index < -0.39 is 5.63 Å². The third kappa shape index (κ3) is 3.17. The second-order valence-corrected chi connectivity index (χ2v) is 6.68. The van der Waals surface area contributed by atoms with Crippen molar-refractivity contribution in [1.29, 1.82) is 0 Å². The van der Waals surface area contributed by atoms with Gasteiger partial charge in [-0.1, -0.05) is 0 Å². The van der Waals surface area contributed by atoms with Gasteiger partial charge in [0.05, 0.1) is 5.60 Å². The van der Waals surface area contributed by atoms with E-state index >= 15 is 0 Å². The third-order valence-corrected chi connectivity index (χ3v) is 4.65. The summed E-state index contributed by atoms with van der Waals surface area (Å²) in [5, 5.41) is 0.838. The topological polar surface area (TPSA) is 78.3 Å². The van der Waals surface area contributed by atoms with E-state index in [2.05, 4.69) is 0 Å². The minimum absolute atomic E-state index is 0.0704. The Morgan fingerprint density at radius 1 is 1.20 bits per heavy atom. The summed E-state index contributed by atoms with van der Waals surface area (Å²) < 4.78 is 21.9. The molecule has 0 radical (unpaired) electrons. The second kappa shape index (κ2) is 5.74. The highest BCUT2D eigenvalue weighted by Crippen LogP contribution is 2.42. The van der Waals surface area contributed by atoms with Gasteiger partial charge in [-0.15, -0.1) is 0 Å². The van der Waals surface area contributed by atoms with E-state index in [0.717, 1.165) is 5.39 Å². The van der Waals surface area contributed by atoms with Gasteiger partial charge in [0.25, 0.3) is 0 Å². The molecule has 3 heterocycles. The lowest BCUT2D eigenvalue weighted by atomic mass is 9.99. The van der Waals surface area contributed by atoms with Crippen molar-refractivity contribution in [3.8, 4) is 5.75 Å². The molecule has 0 aliphatic carbocycles. The zero-order valence-electron chi connectivity index (χ0n) is 14.0. The number of carbonyl (C=O) groups is 1. The number of epoxide rings is 1. The van der Waals surface area contributed by atoms with Crippen molar-refractivity contribution in [3.05, 3.63) is 52.4 Å². The lowest BCUT2D eigenvalue weighted by molar-refractivity contribution is -0.140. The summed E-state index contributed by atoms with van der Waals surface area (Å²) in [5.74, 6) is 0.349. The molecule has 1 aromatic carbocycles. The molecule has 0 N–H and O–H groups in total. The molecule has 130 valence electrons. The van der Waals surface area contributed by atoms with Crippen LogP contribution in [0.2, 0.25) is 0 Å². The van der Waals surface area contributed by atoms with E-state index in [4.69, 9.17) is 18.6 Å². The quantitative estimate of drug-likeness (QED) is 0.472. The van der Waals surface area contributed by atoms with Crippen LogP contribution in [0, 0.1) is 0 Å². The molecule has 4 rings (SSSR count). The van der Waals surface area contributed by atoms with Crippen molar-refractivity contribution < 1.29 is 23.4 Å². The first-order chi connectivity index (χ1) is 11.9. The van der Waals surface area contributed by atoms with Gasteiger partial charge in [0.2, 0.25) is 0 Å². The molecule has 0 spiro atoms. The minimum Gasteiger partial charge on any atom is -0.491 e. The Kier molecular flexibility index (Phi) is 3.65. The summed E-state index contributed by atoms with van der Waals surface area (Å²) in [6.45, 7) is 4.11. The molecule has 2 aromatic rings. The molecule has 0 bridgehead atoms. The van der Waals surface area contributed by atoms with E-state index in [-0.39, 0.29) is 23.8 Å². The molecular formula is C19H18O6. The Hall–Kier alpha value is -2.60. The predicted molar refractivity (Wildman–Crippen MR) is 89.5 cm³/mol. The van der Waals surface area contributed by atoms with Gasteiger partial charge < -0.3 is 18.6 Å². The van der Waals surface area contributed by atoms with E-state index in [9.17, 15) is 9.59 Å². The Morgan fingerprint density at radius 2 is 2.00 bits per heavy atom. The molecule has 3 unspecified atom stereocenters. The molecule has 2 aliphatic rings. The zero-order valence-corrected chi connectivity index (χ0v) is 14.0. The molecule has 0 saturated carbocycles. The van der Waals surface area contributed by atoms with E-state index in [1.165, 1.54) is 6.07 Å². The van der Waals surface area contributed by atoms with Crippen LogP contribution in [-0.2, 0) is 14.3 Å². The number of benzene rings is 1. The van der Waals surface area contributed by atoms with Gasteiger partial charge in [-0.2, -0.15) is 0 Å². The van der Waals surface area contributed by atoms with Crippen LogP contribution in [0.4, 0.5) is 0 Å². The zero-order chi connectivity index (χ0) is 17.6. The van der Waals surface area contributed by atoms with Gasteiger partial charge in [0.1, 0.15) is 30.1 Å². The largest absolute Gasteiger partial charge is 0.491 e. The van der Waals surface area contributed by atoms with Crippen molar-refractivity contribution in [3.63, 3.8) is 0 Å². The Bertz CT molecular complexity index is 927. The molecule has 2 aliphatic heterocycles. The minimum atomic E-state index is -0.391. The van der Waals surface area contributed by atoms with Crippen LogP contribution in [0.5, 0.6) is 5.75 Å². The first kappa shape index (κ1) is 15.9. The Labute approximate surface area is 144 Å². The second-order valence-electron chi connectivity index (χ2n) is 6.68. The molecule has 1 aromatic heterocycles. The van der Waals surface area contributed by atoms with E-state index in [1.54, 1.807) is 19.1 Å². The molecule has 6 nitrogen and oxygen atoms in total. The smallest absolute Gasteiger partial charge is 0.336 e. The number of esters is 1. The lowest BCUT2D eigenvalue weighted by Crippen LogP contribution is -2.22. The molecule has 1 saturated heterocycles. The average Bonchev–Trinajstić information content (AvgIpc) is 3.10. The van der Waals surface area contributed by atoms with Crippen LogP contribution in [0.1, 0.15) is 20.3 Å². The van der Waals surface area contributed by atoms with Crippen LogP contribution in [0.15, 0.2) is 51.2 Å². The fourth-order valence-corrected chi connectivity index (χ4v) is 3.09. The monoisotopic (exact) mass is 342 g/mol. The summed E-state index contributed by atoms with van der Waals surface area (Å²) in [4.78, 5) is 22.7. The normalized spacial score (nSPS) is 27.9.